The minimum absolute atomic E-state index is 0.166. The van der Waals surface area contributed by atoms with Gasteiger partial charge in [0.1, 0.15) is 10.6 Å². The van der Waals surface area contributed by atoms with E-state index >= 15 is 0 Å². The molecule has 0 saturated heterocycles. The molecule has 0 radical (unpaired) electrons. The first kappa shape index (κ1) is 12.1. The number of sulfonamides is 1. The zero-order valence-corrected chi connectivity index (χ0v) is 11.5. The highest BCUT2D eigenvalue weighted by Crippen LogP contribution is 2.38. The second-order valence-electron chi connectivity index (χ2n) is 4.17. The summed E-state index contributed by atoms with van der Waals surface area (Å²) in [4.78, 5) is 0.166. The average molecular weight is 309 g/mol. The average Bonchev–Trinajstić information content (AvgIpc) is 2.86. The lowest BCUT2D eigenvalue weighted by Crippen LogP contribution is -2.38. The number of aryl methyl sites for hydroxylation is 2. The van der Waals surface area contributed by atoms with E-state index in [1.54, 1.807) is 13.8 Å². The molecule has 0 aromatic carbocycles. The summed E-state index contributed by atoms with van der Waals surface area (Å²) in [6.07, 6.45) is 1.72. The van der Waals surface area contributed by atoms with E-state index in [4.69, 9.17) is 4.52 Å². The third kappa shape index (κ3) is 2.03. The van der Waals surface area contributed by atoms with Gasteiger partial charge in [0.2, 0.25) is 10.0 Å². The molecule has 5 nitrogen and oxygen atoms in total. The molecule has 7 heteroatoms. The summed E-state index contributed by atoms with van der Waals surface area (Å²) in [6, 6.07) is 0. The molecule has 1 aromatic rings. The summed E-state index contributed by atoms with van der Waals surface area (Å²) < 4.78 is 31.8. The van der Waals surface area contributed by atoms with E-state index in [9.17, 15) is 8.42 Å². The second kappa shape index (κ2) is 3.82. The quantitative estimate of drug-likeness (QED) is 0.856. The van der Waals surface area contributed by atoms with E-state index < -0.39 is 10.0 Å². The fourth-order valence-corrected chi connectivity index (χ4v) is 4.28. The van der Waals surface area contributed by atoms with Gasteiger partial charge in [-0.25, -0.2) is 13.1 Å². The molecule has 0 bridgehead atoms. The Morgan fingerprint density at radius 2 is 2.12 bits per heavy atom. The Bertz CT molecular complexity index is 485. The van der Waals surface area contributed by atoms with Gasteiger partial charge in [0.15, 0.2) is 5.76 Å². The van der Waals surface area contributed by atoms with Gasteiger partial charge in [-0.3, -0.25) is 0 Å². The predicted molar refractivity (Wildman–Crippen MR) is 62.1 cm³/mol. The largest absolute Gasteiger partial charge is 0.360 e. The maximum absolute atomic E-state index is 12.1. The van der Waals surface area contributed by atoms with E-state index in [1.807, 2.05) is 0 Å². The van der Waals surface area contributed by atoms with Crippen LogP contribution in [-0.4, -0.2) is 24.4 Å². The standard InChI is InChI=1S/C9H13BrN2O3S/c1-6-8(7(2)15-11-6)16(13,14)12-9(5-10)3-4-9/h12H,3-5H2,1-2H3. The first-order chi connectivity index (χ1) is 7.40. The van der Waals surface area contributed by atoms with Gasteiger partial charge < -0.3 is 4.52 Å². The number of alkyl halides is 1. The summed E-state index contributed by atoms with van der Waals surface area (Å²) in [5.74, 6) is 0.329. The molecule has 0 unspecified atom stereocenters. The van der Waals surface area contributed by atoms with Gasteiger partial charge in [0, 0.05) is 10.9 Å². The first-order valence-corrected chi connectivity index (χ1v) is 7.53. The minimum atomic E-state index is -3.52. The second-order valence-corrected chi connectivity index (χ2v) is 6.35. The van der Waals surface area contributed by atoms with Crippen molar-refractivity contribution in [2.45, 2.75) is 37.1 Å². The van der Waals surface area contributed by atoms with Crippen molar-refractivity contribution in [2.75, 3.05) is 5.33 Å². The lowest BCUT2D eigenvalue weighted by atomic mass is 10.4. The fourth-order valence-electron chi connectivity index (χ4n) is 1.61. The van der Waals surface area contributed by atoms with Crippen LogP contribution in [0.15, 0.2) is 9.42 Å². The van der Waals surface area contributed by atoms with E-state index in [0.29, 0.717) is 16.8 Å². The number of hydrogen-bond acceptors (Lipinski definition) is 4. The van der Waals surface area contributed by atoms with Gasteiger partial charge >= 0.3 is 0 Å². The zero-order chi connectivity index (χ0) is 12.0. The molecule has 1 saturated carbocycles. The Hall–Kier alpha value is -0.400. The maximum atomic E-state index is 12.1. The van der Waals surface area contributed by atoms with Crippen LogP contribution in [0.4, 0.5) is 0 Å². The van der Waals surface area contributed by atoms with Crippen LogP contribution >= 0.6 is 15.9 Å². The Balaban J connectivity index is 2.33. The molecule has 0 amide bonds. The van der Waals surface area contributed by atoms with Gasteiger partial charge in [0.05, 0.1) is 0 Å². The van der Waals surface area contributed by atoms with Crippen molar-refractivity contribution < 1.29 is 12.9 Å². The molecule has 90 valence electrons. The molecule has 1 fully saturated rings. The van der Waals surface area contributed by atoms with Crippen LogP contribution in [0.1, 0.15) is 24.3 Å². The van der Waals surface area contributed by atoms with E-state index in [1.165, 1.54) is 0 Å². The molecule has 1 N–H and O–H groups in total. The number of hydrogen-bond donors (Lipinski definition) is 1. The molecular weight excluding hydrogens is 296 g/mol. The molecular formula is C9H13BrN2O3S. The zero-order valence-electron chi connectivity index (χ0n) is 9.08. The monoisotopic (exact) mass is 308 g/mol. The summed E-state index contributed by atoms with van der Waals surface area (Å²) in [5.41, 5.74) is 0.0880. The van der Waals surface area contributed by atoms with Gasteiger partial charge in [-0.2, -0.15) is 0 Å². The molecule has 0 aliphatic heterocycles. The van der Waals surface area contributed by atoms with Gasteiger partial charge in [-0.15, -0.1) is 0 Å². The van der Waals surface area contributed by atoms with Crippen molar-refractivity contribution in [2.24, 2.45) is 0 Å². The van der Waals surface area contributed by atoms with Crippen LogP contribution in [0.3, 0.4) is 0 Å². The van der Waals surface area contributed by atoms with Gasteiger partial charge in [0.25, 0.3) is 0 Å². The Morgan fingerprint density at radius 1 is 1.50 bits per heavy atom. The molecule has 1 aliphatic carbocycles. The smallest absolute Gasteiger partial charge is 0.246 e. The first-order valence-electron chi connectivity index (χ1n) is 4.93. The van der Waals surface area contributed by atoms with Crippen molar-refractivity contribution in [3.63, 3.8) is 0 Å². The molecule has 1 heterocycles. The van der Waals surface area contributed by atoms with Crippen LogP contribution in [0.2, 0.25) is 0 Å². The van der Waals surface area contributed by atoms with E-state index in [0.717, 1.165) is 12.8 Å². The Kier molecular flexibility index (Phi) is 2.88. The van der Waals surface area contributed by atoms with Crippen molar-refractivity contribution in [3.05, 3.63) is 11.5 Å². The van der Waals surface area contributed by atoms with E-state index in [-0.39, 0.29) is 10.4 Å². The Morgan fingerprint density at radius 3 is 2.50 bits per heavy atom. The van der Waals surface area contributed by atoms with Crippen LogP contribution < -0.4 is 4.72 Å². The molecule has 16 heavy (non-hydrogen) atoms. The van der Waals surface area contributed by atoms with Crippen molar-refractivity contribution in [1.82, 2.24) is 9.88 Å². The number of aromatic nitrogens is 1. The normalized spacial score (nSPS) is 18.7. The topological polar surface area (TPSA) is 72.2 Å². The lowest BCUT2D eigenvalue weighted by molar-refractivity contribution is 0.390. The third-order valence-corrected chi connectivity index (χ3v) is 5.59. The molecule has 2 rings (SSSR count). The number of nitrogens with zero attached hydrogens (tertiary/aromatic N) is 1. The molecule has 0 atom stereocenters. The number of halogens is 1. The van der Waals surface area contributed by atoms with E-state index in [2.05, 4.69) is 25.8 Å². The van der Waals surface area contributed by atoms with Crippen LogP contribution in [0.25, 0.3) is 0 Å². The minimum Gasteiger partial charge on any atom is -0.360 e. The van der Waals surface area contributed by atoms with Crippen molar-refractivity contribution in [3.8, 4) is 0 Å². The molecule has 1 aliphatic rings. The number of rotatable bonds is 4. The highest BCUT2D eigenvalue weighted by atomic mass is 79.9. The predicted octanol–water partition coefficient (Wildman–Crippen LogP) is 1.50. The summed E-state index contributed by atoms with van der Waals surface area (Å²) in [5, 5.41) is 4.28. The Labute approximate surface area is 103 Å². The van der Waals surface area contributed by atoms with Crippen molar-refractivity contribution >= 4 is 26.0 Å². The fraction of sp³-hybridized carbons (Fsp3) is 0.667. The van der Waals surface area contributed by atoms with Crippen molar-refractivity contribution in [1.29, 1.82) is 0 Å². The summed E-state index contributed by atoms with van der Waals surface area (Å²) in [7, 11) is -3.52. The number of nitrogens with one attached hydrogen (secondary N) is 1. The van der Waals surface area contributed by atoms with Crippen LogP contribution in [-0.2, 0) is 10.0 Å². The van der Waals surface area contributed by atoms with Gasteiger partial charge in [-0.05, 0) is 26.7 Å². The highest BCUT2D eigenvalue weighted by Gasteiger charge is 2.46. The highest BCUT2D eigenvalue weighted by molar-refractivity contribution is 9.09. The third-order valence-electron chi connectivity index (χ3n) is 2.70. The SMILES string of the molecule is Cc1noc(C)c1S(=O)(=O)NC1(CBr)CC1. The molecule has 1 aromatic heterocycles. The maximum Gasteiger partial charge on any atom is 0.246 e. The van der Waals surface area contributed by atoms with Crippen LogP contribution in [0, 0.1) is 13.8 Å². The molecule has 0 spiro atoms. The lowest BCUT2D eigenvalue weighted by Gasteiger charge is -2.13. The van der Waals surface area contributed by atoms with Crippen LogP contribution in [0.5, 0.6) is 0 Å². The van der Waals surface area contributed by atoms with Gasteiger partial charge in [-0.1, -0.05) is 21.1 Å². The summed E-state index contributed by atoms with van der Waals surface area (Å²) >= 11 is 3.32. The summed E-state index contributed by atoms with van der Waals surface area (Å²) in [6.45, 7) is 3.22.